The van der Waals surface area contributed by atoms with Crippen molar-refractivity contribution in [2.24, 2.45) is 0 Å². The van der Waals surface area contributed by atoms with Crippen molar-refractivity contribution < 1.29 is 0 Å². The summed E-state index contributed by atoms with van der Waals surface area (Å²) in [6, 6.07) is 6.75. The van der Waals surface area contributed by atoms with Gasteiger partial charge in [0.05, 0.1) is 0 Å². The van der Waals surface area contributed by atoms with E-state index in [0.717, 1.165) is 28.9 Å². The molecule has 96 valence electrons. The highest BCUT2D eigenvalue weighted by atomic mass is 32.1. The summed E-state index contributed by atoms with van der Waals surface area (Å²) in [5.74, 6) is 0. The second-order valence-electron chi connectivity index (χ2n) is 4.88. The third-order valence-corrected chi connectivity index (χ3v) is 4.30. The standard InChI is InChI=1S/C14H14N4S/c1-2-6-18-9-12(17-13(18)3-1)14-16-8-11(19-14)7-15-10-4-5-10/h1-3,6,8-10,15H,4-5,7H2. The largest absolute Gasteiger partial charge is 0.309 e. The number of aromatic nitrogens is 3. The second-order valence-corrected chi connectivity index (χ2v) is 5.99. The van der Waals surface area contributed by atoms with Crippen LogP contribution in [-0.4, -0.2) is 20.4 Å². The number of thiazole rings is 1. The van der Waals surface area contributed by atoms with Gasteiger partial charge in [-0.1, -0.05) is 6.07 Å². The van der Waals surface area contributed by atoms with Crippen molar-refractivity contribution in [1.29, 1.82) is 0 Å². The van der Waals surface area contributed by atoms with Gasteiger partial charge in [0.2, 0.25) is 0 Å². The third kappa shape index (κ3) is 2.27. The van der Waals surface area contributed by atoms with E-state index in [9.17, 15) is 0 Å². The molecule has 0 spiro atoms. The lowest BCUT2D eigenvalue weighted by Gasteiger charge is -1.96. The highest BCUT2D eigenvalue weighted by molar-refractivity contribution is 7.15. The number of nitrogens with zero attached hydrogens (tertiary/aromatic N) is 3. The van der Waals surface area contributed by atoms with Crippen molar-refractivity contribution in [3.8, 4) is 10.7 Å². The molecular weight excluding hydrogens is 256 g/mol. The first-order valence-electron chi connectivity index (χ1n) is 6.51. The Hall–Kier alpha value is -1.72. The summed E-state index contributed by atoms with van der Waals surface area (Å²) in [5.41, 5.74) is 1.92. The molecule has 0 aromatic carbocycles. The van der Waals surface area contributed by atoms with Crippen molar-refractivity contribution >= 4 is 17.0 Å². The number of nitrogens with one attached hydrogen (secondary N) is 1. The molecule has 3 heterocycles. The van der Waals surface area contributed by atoms with E-state index in [4.69, 9.17) is 0 Å². The average molecular weight is 270 g/mol. The lowest BCUT2D eigenvalue weighted by Crippen LogP contribution is -2.14. The number of hydrogen-bond acceptors (Lipinski definition) is 4. The molecule has 4 nitrogen and oxygen atoms in total. The highest BCUT2D eigenvalue weighted by Crippen LogP contribution is 2.26. The van der Waals surface area contributed by atoms with E-state index in [1.165, 1.54) is 17.7 Å². The molecule has 1 saturated carbocycles. The predicted octanol–water partition coefficient (Wildman–Crippen LogP) is 2.71. The van der Waals surface area contributed by atoms with E-state index in [2.05, 4.69) is 15.3 Å². The zero-order chi connectivity index (χ0) is 12.7. The number of rotatable bonds is 4. The Morgan fingerprint density at radius 3 is 3.16 bits per heavy atom. The number of pyridine rings is 1. The van der Waals surface area contributed by atoms with Crippen LogP contribution in [0.2, 0.25) is 0 Å². The Balaban J connectivity index is 1.60. The zero-order valence-electron chi connectivity index (χ0n) is 10.4. The second kappa shape index (κ2) is 4.43. The topological polar surface area (TPSA) is 42.2 Å². The van der Waals surface area contributed by atoms with Gasteiger partial charge in [-0.05, 0) is 25.0 Å². The van der Waals surface area contributed by atoms with Gasteiger partial charge in [-0.15, -0.1) is 11.3 Å². The van der Waals surface area contributed by atoms with Crippen LogP contribution in [0.1, 0.15) is 17.7 Å². The molecule has 5 heteroatoms. The van der Waals surface area contributed by atoms with Gasteiger partial charge in [-0.2, -0.15) is 0 Å². The molecule has 3 aromatic heterocycles. The summed E-state index contributed by atoms with van der Waals surface area (Å²) in [6.07, 6.45) is 8.64. The molecule has 1 N–H and O–H groups in total. The summed E-state index contributed by atoms with van der Waals surface area (Å²) in [5, 5.41) is 4.51. The van der Waals surface area contributed by atoms with Crippen molar-refractivity contribution in [3.63, 3.8) is 0 Å². The van der Waals surface area contributed by atoms with Gasteiger partial charge >= 0.3 is 0 Å². The normalized spacial score (nSPS) is 15.2. The summed E-state index contributed by atoms with van der Waals surface area (Å²) in [7, 11) is 0. The Kier molecular flexibility index (Phi) is 2.60. The summed E-state index contributed by atoms with van der Waals surface area (Å²) in [4.78, 5) is 10.4. The lowest BCUT2D eigenvalue weighted by atomic mass is 10.5. The van der Waals surface area contributed by atoms with Crippen molar-refractivity contribution in [3.05, 3.63) is 41.7 Å². The van der Waals surface area contributed by atoms with Gasteiger partial charge in [0, 0.05) is 36.1 Å². The van der Waals surface area contributed by atoms with Crippen molar-refractivity contribution in [1.82, 2.24) is 19.7 Å². The van der Waals surface area contributed by atoms with Crippen LogP contribution >= 0.6 is 11.3 Å². The van der Waals surface area contributed by atoms with Crippen LogP contribution in [0.5, 0.6) is 0 Å². The van der Waals surface area contributed by atoms with E-state index in [1.54, 1.807) is 11.3 Å². The van der Waals surface area contributed by atoms with Crippen molar-refractivity contribution in [2.45, 2.75) is 25.4 Å². The summed E-state index contributed by atoms with van der Waals surface area (Å²) < 4.78 is 2.03. The molecule has 19 heavy (non-hydrogen) atoms. The van der Waals surface area contributed by atoms with E-state index in [1.807, 2.05) is 41.2 Å². The summed E-state index contributed by atoms with van der Waals surface area (Å²) >= 11 is 1.72. The molecule has 1 fully saturated rings. The molecule has 0 radical (unpaired) electrons. The molecule has 1 aliphatic carbocycles. The fraction of sp³-hybridized carbons (Fsp3) is 0.286. The maximum atomic E-state index is 4.59. The minimum atomic E-state index is 0.737. The average Bonchev–Trinajstić information content (AvgIpc) is 2.99. The van der Waals surface area contributed by atoms with Gasteiger partial charge < -0.3 is 9.72 Å². The van der Waals surface area contributed by atoms with Gasteiger partial charge in [0.15, 0.2) is 0 Å². The maximum Gasteiger partial charge on any atom is 0.143 e. The Labute approximate surface area is 115 Å². The number of fused-ring (bicyclic) bond motifs is 1. The van der Waals surface area contributed by atoms with Gasteiger partial charge in [-0.3, -0.25) is 0 Å². The molecule has 0 bridgehead atoms. The van der Waals surface area contributed by atoms with E-state index in [-0.39, 0.29) is 0 Å². The van der Waals surface area contributed by atoms with Gasteiger partial charge in [-0.25, -0.2) is 9.97 Å². The Morgan fingerprint density at radius 1 is 1.37 bits per heavy atom. The SMILES string of the molecule is c1ccn2cc(-c3ncc(CNC4CC4)s3)nc2c1. The van der Waals surface area contributed by atoms with Crippen LogP contribution in [0.4, 0.5) is 0 Å². The fourth-order valence-electron chi connectivity index (χ4n) is 2.08. The molecule has 0 aliphatic heterocycles. The third-order valence-electron chi connectivity index (χ3n) is 3.28. The van der Waals surface area contributed by atoms with Crippen LogP contribution < -0.4 is 5.32 Å². The van der Waals surface area contributed by atoms with Crippen LogP contribution in [0.15, 0.2) is 36.8 Å². The predicted molar refractivity (Wildman–Crippen MR) is 76.2 cm³/mol. The first-order valence-corrected chi connectivity index (χ1v) is 7.32. The van der Waals surface area contributed by atoms with Gasteiger partial charge in [0.1, 0.15) is 16.3 Å². The highest BCUT2D eigenvalue weighted by Gasteiger charge is 2.20. The monoisotopic (exact) mass is 270 g/mol. The van der Waals surface area contributed by atoms with Gasteiger partial charge in [0.25, 0.3) is 0 Å². The maximum absolute atomic E-state index is 4.59. The van der Waals surface area contributed by atoms with E-state index >= 15 is 0 Å². The van der Waals surface area contributed by atoms with E-state index in [0.29, 0.717) is 0 Å². The number of imidazole rings is 1. The quantitative estimate of drug-likeness (QED) is 0.792. The van der Waals surface area contributed by atoms with Crippen molar-refractivity contribution in [2.75, 3.05) is 0 Å². The Bertz CT molecular complexity index is 678. The van der Waals surface area contributed by atoms with Crippen LogP contribution in [0, 0.1) is 0 Å². The number of hydrogen-bond donors (Lipinski definition) is 1. The minimum absolute atomic E-state index is 0.737. The molecule has 1 aliphatic rings. The first-order chi connectivity index (χ1) is 9.38. The minimum Gasteiger partial charge on any atom is -0.309 e. The fourth-order valence-corrected chi connectivity index (χ4v) is 2.90. The molecule has 0 atom stereocenters. The zero-order valence-corrected chi connectivity index (χ0v) is 11.2. The molecular formula is C14H14N4S. The molecule has 0 unspecified atom stereocenters. The first kappa shape index (κ1) is 11.1. The van der Waals surface area contributed by atoms with Crippen LogP contribution in [0.3, 0.4) is 0 Å². The van der Waals surface area contributed by atoms with E-state index < -0.39 is 0 Å². The summed E-state index contributed by atoms with van der Waals surface area (Å²) in [6.45, 7) is 0.926. The molecule has 0 amide bonds. The molecule has 0 saturated heterocycles. The molecule has 4 rings (SSSR count). The smallest absolute Gasteiger partial charge is 0.143 e. The Morgan fingerprint density at radius 2 is 2.32 bits per heavy atom. The molecule has 3 aromatic rings. The van der Waals surface area contributed by atoms with Crippen LogP contribution in [-0.2, 0) is 6.54 Å². The lowest BCUT2D eigenvalue weighted by molar-refractivity contribution is 0.694. The van der Waals surface area contributed by atoms with Crippen LogP contribution in [0.25, 0.3) is 16.3 Å².